The van der Waals surface area contributed by atoms with Crippen LogP contribution in [0.25, 0.3) is 0 Å². The van der Waals surface area contributed by atoms with Gasteiger partial charge in [0.2, 0.25) is 11.9 Å². The van der Waals surface area contributed by atoms with E-state index in [0.29, 0.717) is 11.1 Å². The molecule has 1 aliphatic heterocycles. The average Bonchev–Trinajstić information content (AvgIpc) is 2.91. The molecule has 28 heavy (non-hydrogen) atoms. The van der Waals surface area contributed by atoms with Crippen molar-refractivity contribution < 1.29 is 33.4 Å². The van der Waals surface area contributed by atoms with Crippen molar-refractivity contribution in [3.63, 3.8) is 0 Å². The molecule has 0 fully saturated rings. The molecule has 0 aromatic heterocycles. The number of nitrogens with one attached hydrogen (secondary N) is 1. The molecular weight excluding hydrogens is 368 g/mol. The van der Waals surface area contributed by atoms with Crippen LogP contribution in [0.5, 0.6) is 0 Å². The van der Waals surface area contributed by atoms with Crippen molar-refractivity contribution in [2.45, 2.75) is 32.7 Å². The van der Waals surface area contributed by atoms with Crippen LogP contribution < -0.4 is 5.32 Å². The summed E-state index contributed by atoms with van der Waals surface area (Å²) in [6.45, 7) is 3.28. The smallest absolute Gasteiger partial charge is 0.340 e. The number of carbonyl (C=O) groups excluding carboxylic acids is 5. The van der Waals surface area contributed by atoms with Crippen molar-refractivity contribution in [2.75, 3.05) is 19.8 Å². The van der Waals surface area contributed by atoms with Gasteiger partial charge in [0.15, 0.2) is 0 Å². The molecule has 1 heterocycles. The van der Waals surface area contributed by atoms with Crippen LogP contribution in [0.1, 0.15) is 47.4 Å². The summed E-state index contributed by atoms with van der Waals surface area (Å²) in [5, 5.41) is 2.27. The Morgan fingerprint density at radius 2 is 1.46 bits per heavy atom. The minimum absolute atomic E-state index is 0.0449. The SMILES string of the molecule is CCOC(=O)C(NC(=O)CCCN1C(=O)c2ccccc2C1=O)C(=O)OCC. The van der Waals surface area contributed by atoms with Gasteiger partial charge < -0.3 is 14.8 Å². The van der Waals surface area contributed by atoms with Gasteiger partial charge in [-0.1, -0.05) is 12.1 Å². The predicted octanol–water partition coefficient (Wildman–Crippen LogP) is 0.674. The lowest BCUT2D eigenvalue weighted by Crippen LogP contribution is -2.48. The Morgan fingerprint density at radius 3 is 1.93 bits per heavy atom. The minimum Gasteiger partial charge on any atom is -0.464 e. The molecular formula is C19H22N2O7. The van der Waals surface area contributed by atoms with Crippen molar-refractivity contribution in [1.29, 1.82) is 0 Å². The average molecular weight is 390 g/mol. The number of nitrogens with zero attached hydrogens (tertiary/aromatic N) is 1. The van der Waals surface area contributed by atoms with Crippen LogP contribution in [0.15, 0.2) is 24.3 Å². The van der Waals surface area contributed by atoms with E-state index in [1.165, 1.54) is 0 Å². The molecule has 9 nitrogen and oxygen atoms in total. The van der Waals surface area contributed by atoms with E-state index in [0.717, 1.165) is 4.90 Å². The van der Waals surface area contributed by atoms with Crippen LogP contribution in [0.3, 0.4) is 0 Å². The first-order valence-corrected chi connectivity index (χ1v) is 8.98. The molecule has 0 radical (unpaired) electrons. The number of rotatable bonds is 9. The lowest BCUT2D eigenvalue weighted by Gasteiger charge is -2.17. The molecule has 0 spiro atoms. The molecule has 2 rings (SSSR count). The number of hydrogen-bond acceptors (Lipinski definition) is 7. The van der Waals surface area contributed by atoms with Crippen molar-refractivity contribution >= 4 is 29.7 Å². The second-order valence-corrected chi connectivity index (χ2v) is 5.92. The molecule has 0 atom stereocenters. The van der Waals surface area contributed by atoms with Crippen molar-refractivity contribution in [2.24, 2.45) is 0 Å². The Balaban J connectivity index is 1.89. The molecule has 0 unspecified atom stereocenters. The molecule has 0 aliphatic carbocycles. The van der Waals surface area contributed by atoms with Crippen LogP contribution in [0.4, 0.5) is 0 Å². The highest BCUT2D eigenvalue weighted by Crippen LogP contribution is 2.22. The summed E-state index contributed by atoms with van der Waals surface area (Å²) in [5.74, 6) is -3.22. The highest BCUT2D eigenvalue weighted by molar-refractivity contribution is 6.21. The highest BCUT2D eigenvalue weighted by atomic mass is 16.6. The number of amides is 3. The predicted molar refractivity (Wildman–Crippen MR) is 96.2 cm³/mol. The Hall–Kier alpha value is -3.23. The number of imide groups is 1. The fourth-order valence-corrected chi connectivity index (χ4v) is 2.74. The number of fused-ring (bicyclic) bond motifs is 1. The van der Waals surface area contributed by atoms with Crippen molar-refractivity contribution in [3.8, 4) is 0 Å². The van der Waals surface area contributed by atoms with Gasteiger partial charge in [-0.3, -0.25) is 19.3 Å². The molecule has 0 saturated heterocycles. The Kier molecular flexibility index (Phi) is 7.25. The number of benzene rings is 1. The van der Waals surface area contributed by atoms with Crippen molar-refractivity contribution in [1.82, 2.24) is 10.2 Å². The second kappa shape index (κ2) is 9.63. The van der Waals surface area contributed by atoms with Crippen LogP contribution in [-0.4, -0.2) is 60.4 Å². The summed E-state index contributed by atoms with van der Waals surface area (Å²) in [4.78, 5) is 61.4. The van der Waals surface area contributed by atoms with E-state index in [4.69, 9.17) is 9.47 Å². The van der Waals surface area contributed by atoms with Crippen molar-refractivity contribution in [3.05, 3.63) is 35.4 Å². The van der Waals surface area contributed by atoms with Gasteiger partial charge in [-0.25, -0.2) is 9.59 Å². The molecule has 1 aromatic rings. The zero-order chi connectivity index (χ0) is 20.7. The van der Waals surface area contributed by atoms with Gasteiger partial charge in [0.25, 0.3) is 11.8 Å². The number of carbonyl (C=O) groups is 5. The zero-order valence-electron chi connectivity index (χ0n) is 15.7. The first-order chi connectivity index (χ1) is 13.4. The summed E-state index contributed by atoms with van der Waals surface area (Å²) in [7, 11) is 0. The van der Waals surface area contributed by atoms with E-state index in [1.54, 1.807) is 38.1 Å². The molecule has 0 saturated carbocycles. The monoisotopic (exact) mass is 390 g/mol. The molecule has 1 aliphatic rings. The van der Waals surface area contributed by atoms with Gasteiger partial charge >= 0.3 is 11.9 Å². The maximum absolute atomic E-state index is 12.3. The third-order valence-electron chi connectivity index (χ3n) is 4.01. The normalized spacial score (nSPS) is 12.8. The first-order valence-electron chi connectivity index (χ1n) is 8.98. The Morgan fingerprint density at radius 1 is 0.964 bits per heavy atom. The van der Waals surface area contributed by atoms with Gasteiger partial charge in [-0.15, -0.1) is 0 Å². The maximum Gasteiger partial charge on any atom is 0.340 e. The third kappa shape index (κ3) is 4.73. The zero-order valence-corrected chi connectivity index (χ0v) is 15.7. The maximum atomic E-state index is 12.3. The van der Waals surface area contributed by atoms with E-state index in [-0.39, 0.29) is 32.6 Å². The number of hydrogen-bond donors (Lipinski definition) is 1. The van der Waals surface area contributed by atoms with Gasteiger partial charge in [0.1, 0.15) is 0 Å². The molecule has 9 heteroatoms. The summed E-state index contributed by atoms with van der Waals surface area (Å²) in [5.41, 5.74) is 0.670. The van der Waals surface area contributed by atoms with Gasteiger partial charge in [0.05, 0.1) is 24.3 Å². The number of esters is 2. The van der Waals surface area contributed by atoms with Crippen LogP contribution in [0, 0.1) is 0 Å². The molecule has 3 amide bonds. The van der Waals surface area contributed by atoms with Gasteiger partial charge in [-0.05, 0) is 32.4 Å². The standard InChI is InChI=1S/C19H22N2O7/c1-3-27-18(25)15(19(26)28-4-2)20-14(22)10-7-11-21-16(23)12-8-5-6-9-13(12)17(21)24/h5-6,8-9,15H,3-4,7,10-11H2,1-2H3,(H,20,22). The lowest BCUT2D eigenvalue weighted by molar-refractivity contribution is -0.159. The van der Waals surface area contributed by atoms with E-state index in [9.17, 15) is 24.0 Å². The third-order valence-corrected chi connectivity index (χ3v) is 4.01. The summed E-state index contributed by atoms with van der Waals surface area (Å²) >= 11 is 0. The minimum atomic E-state index is -1.55. The van der Waals surface area contributed by atoms with E-state index in [2.05, 4.69) is 5.32 Å². The molecule has 1 aromatic carbocycles. The highest BCUT2D eigenvalue weighted by Gasteiger charge is 2.35. The quantitative estimate of drug-likeness (QED) is 0.374. The van der Waals surface area contributed by atoms with E-state index in [1.807, 2.05) is 0 Å². The van der Waals surface area contributed by atoms with E-state index >= 15 is 0 Å². The Bertz CT molecular complexity index is 737. The fraction of sp³-hybridized carbons (Fsp3) is 0.421. The summed E-state index contributed by atoms with van der Waals surface area (Å²) in [6, 6.07) is 4.95. The first kappa shape index (κ1) is 21.1. The molecule has 1 N–H and O–H groups in total. The number of ether oxygens (including phenoxy) is 2. The van der Waals surface area contributed by atoms with Crippen LogP contribution in [-0.2, 0) is 23.9 Å². The fourth-order valence-electron chi connectivity index (χ4n) is 2.74. The lowest BCUT2D eigenvalue weighted by atomic mass is 10.1. The molecule has 0 bridgehead atoms. The second-order valence-electron chi connectivity index (χ2n) is 5.92. The van der Waals surface area contributed by atoms with Crippen LogP contribution >= 0.6 is 0 Å². The summed E-state index contributed by atoms with van der Waals surface area (Å²) < 4.78 is 9.54. The van der Waals surface area contributed by atoms with Gasteiger partial charge in [-0.2, -0.15) is 0 Å². The topological polar surface area (TPSA) is 119 Å². The van der Waals surface area contributed by atoms with Crippen LogP contribution in [0.2, 0.25) is 0 Å². The largest absolute Gasteiger partial charge is 0.464 e. The van der Waals surface area contributed by atoms with E-state index < -0.39 is 35.7 Å². The van der Waals surface area contributed by atoms with Gasteiger partial charge in [0, 0.05) is 13.0 Å². The summed E-state index contributed by atoms with van der Waals surface area (Å²) in [6.07, 6.45) is 0.0817. The Labute approximate surface area is 162 Å². The molecule has 150 valence electrons.